The third-order valence-corrected chi connectivity index (χ3v) is 2.29. The molecule has 0 radical (unpaired) electrons. The first-order chi connectivity index (χ1) is 7.31. The van der Waals surface area contributed by atoms with E-state index in [-0.39, 0.29) is 0 Å². The zero-order chi connectivity index (χ0) is 11.1. The van der Waals surface area contributed by atoms with E-state index >= 15 is 0 Å². The standard InChI is InChI=1S/C12H20N2O/c1-3-14(10-9-13)11-5-7-12(8-6-11)15-4-2/h5-8H,3-4,9-10,13H2,1-2H3. The fourth-order valence-electron chi connectivity index (χ4n) is 1.55. The van der Waals surface area contributed by atoms with E-state index in [1.807, 2.05) is 19.1 Å². The van der Waals surface area contributed by atoms with Gasteiger partial charge in [-0.05, 0) is 38.1 Å². The van der Waals surface area contributed by atoms with Crippen molar-refractivity contribution in [2.24, 2.45) is 5.73 Å². The van der Waals surface area contributed by atoms with Crippen LogP contribution in [0.1, 0.15) is 13.8 Å². The highest BCUT2D eigenvalue weighted by molar-refractivity contribution is 5.48. The maximum Gasteiger partial charge on any atom is 0.119 e. The number of likely N-dealkylation sites (N-methyl/N-ethyl adjacent to an activating group) is 1. The third kappa shape index (κ3) is 3.44. The van der Waals surface area contributed by atoms with Crippen molar-refractivity contribution in [2.45, 2.75) is 13.8 Å². The molecule has 0 aliphatic rings. The van der Waals surface area contributed by atoms with Gasteiger partial charge in [0, 0.05) is 25.3 Å². The van der Waals surface area contributed by atoms with Gasteiger partial charge in [0.05, 0.1) is 6.61 Å². The number of hydrogen-bond acceptors (Lipinski definition) is 3. The molecule has 15 heavy (non-hydrogen) atoms. The quantitative estimate of drug-likeness (QED) is 0.775. The summed E-state index contributed by atoms with van der Waals surface area (Å²) < 4.78 is 5.39. The van der Waals surface area contributed by atoms with E-state index in [0.717, 1.165) is 18.8 Å². The van der Waals surface area contributed by atoms with Crippen LogP contribution >= 0.6 is 0 Å². The third-order valence-electron chi connectivity index (χ3n) is 2.29. The van der Waals surface area contributed by atoms with E-state index in [4.69, 9.17) is 10.5 Å². The summed E-state index contributed by atoms with van der Waals surface area (Å²) in [5, 5.41) is 0. The van der Waals surface area contributed by atoms with Crippen molar-refractivity contribution in [3.63, 3.8) is 0 Å². The lowest BCUT2D eigenvalue weighted by molar-refractivity contribution is 0.340. The van der Waals surface area contributed by atoms with Crippen LogP contribution in [0.4, 0.5) is 5.69 Å². The van der Waals surface area contributed by atoms with E-state index in [9.17, 15) is 0 Å². The predicted molar refractivity (Wildman–Crippen MR) is 64.6 cm³/mol. The van der Waals surface area contributed by atoms with E-state index in [2.05, 4.69) is 24.0 Å². The maximum absolute atomic E-state index is 5.55. The number of hydrogen-bond donors (Lipinski definition) is 1. The molecule has 84 valence electrons. The molecule has 1 rings (SSSR count). The average Bonchev–Trinajstić information content (AvgIpc) is 2.28. The van der Waals surface area contributed by atoms with Gasteiger partial charge in [0.15, 0.2) is 0 Å². The van der Waals surface area contributed by atoms with Crippen LogP contribution in [0.3, 0.4) is 0 Å². The van der Waals surface area contributed by atoms with Crippen molar-refractivity contribution in [2.75, 3.05) is 31.1 Å². The van der Waals surface area contributed by atoms with Gasteiger partial charge in [0.1, 0.15) is 5.75 Å². The fourth-order valence-corrected chi connectivity index (χ4v) is 1.55. The molecule has 2 N–H and O–H groups in total. The molecule has 0 aliphatic carbocycles. The van der Waals surface area contributed by atoms with Crippen molar-refractivity contribution in [3.05, 3.63) is 24.3 Å². The summed E-state index contributed by atoms with van der Waals surface area (Å²) in [6, 6.07) is 8.14. The molecule has 0 heterocycles. The van der Waals surface area contributed by atoms with Gasteiger partial charge in [-0.25, -0.2) is 0 Å². The Morgan fingerprint density at radius 1 is 1.20 bits per heavy atom. The molecular weight excluding hydrogens is 188 g/mol. The molecular formula is C12H20N2O. The smallest absolute Gasteiger partial charge is 0.119 e. The lowest BCUT2D eigenvalue weighted by Gasteiger charge is -2.22. The molecule has 0 aliphatic heterocycles. The van der Waals surface area contributed by atoms with Crippen LogP contribution < -0.4 is 15.4 Å². The maximum atomic E-state index is 5.55. The number of anilines is 1. The second-order valence-corrected chi connectivity index (χ2v) is 3.30. The van der Waals surface area contributed by atoms with Gasteiger partial charge in [0.2, 0.25) is 0 Å². The van der Waals surface area contributed by atoms with Gasteiger partial charge < -0.3 is 15.4 Å². The summed E-state index contributed by atoms with van der Waals surface area (Å²) in [4.78, 5) is 2.25. The largest absolute Gasteiger partial charge is 0.494 e. The van der Waals surface area contributed by atoms with E-state index in [1.54, 1.807) is 0 Å². The van der Waals surface area contributed by atoms with E-state index in [1.165, 1.54) is 5.69 Å². The van der Waals surface area contributed by atoms with Crippen LogP contribution in [-0.4, -0.2) is 26.2 Å². The molecule has 0 fully saturated rings. The SMILES string of the molecule is CCOc1ccc(N(CC)CCN)cc1. The minimum absolute atomic E-state index is 0.682. The number of nitrogens with two attached hydrogens (primary N) is 1. The Kier molecular flexibility index (Phi) is 4.98. The topological polar surface area (TPSA) is 38.5 Å². The number of nitrogens with zero attached hydrogens (tertiary/aromatic N) is 1. The summed E-state index contributed by atoms with van der Waals surface area (Å²) in [7, 11) is 0. The lowest BCUT2D eigenvalue weighted by Crippen LogP contribution is -2.28. The first-order valence-corrected chi connectivity index (χ1v) is 5.49. The van der Waals surface area contributed by atoms with Gasteiger partial charge in [-0.1, -0.05) is 0 Å². The molecule has 0 aromatic heterocycles. The van der Waals surface area contributed by atoms with Crippen molar-refractivity contribution in [1.29, 1.82) is 0 Å². The highest BCUT2D eigenvalue weighted by Crippen LogP contribution is 2.18. The molecule has 0 unspecified atom stereocenters. The minimum Gasteiger partial charge on any atom is -0.494 e. The molecule has 0 saturated heterocycles. The summed E-state index contributed by atoms with van der Waals surface area (Å²) in [6.07, 6.45) is 0. The molecule has 0 bridgehead atoms. The van der Waals surface area contributed by atoms with E-state index < -0.39 is 0 Å². The molecule has 0 spiro atoms. The van der Waals surface area contributed by atoms with Crippen molar-refractivity contribution >= 4 is 5.69 Å². The summed E-state index contributed by atoms with van der Waals surface area (Å²) >= 11 is 0. The zero-order valence-corrected chi connectivity index (χ0v) is 9.57. The Labute approximate surface area is 91.8 Å². The van der Waals surface area contributed by atoms with Crippen molar-refractivity contribution in [1.82, 2.24) is 0 Å². The summed E-state index contributed by atoms with van der Waals surface area (Å²) in [6.45, 7) is 7.38. The second kappa shape index (κ2) is 6.30. The van der Waals surface area contributed by atoms with E-state index in [0.29, 0.717) is 13.2 Å². The Balaban J connectivity index is 2.68. The highest BCUT2D eigenvalue weighted by atomic mass is 16.5. The Bertz CT molecular complexity index is 271. The molecule has 3 nitrogen and oxygen atoms in total. The van der Waals surface area contributed by atoms with Crippen LogP contribution in [0.25, 0.3) is 0 Å². The molecule has 3 heteroatoms. The predicted octanol–water partition coefficient (Wildman–Crippen LogP) is 1.87. The number of benzene rings is 1. The number of rotatable bonds is 6. The van der Waals surface area contributed by atoms with Crippen molar-refractivity contribution < 1.29 is 4.74 Å². The van der Waals surface area contributed by atoms with Crippen LogP contribution in [0, 0.1) is 0 Å². The molecule has 1 aromatic rings. The number of ether oxygens (including phenoxy) is 1. The van der Waals surface area contributed by atoms with Crippen LogP contribution in [-0.2, 0) is 0 Å². The second-order valence-electron chi connectivity index (χ2n) is 3.30. The van der Waals surface area contributed by atoms with Crippen LogP contribution in [0.2, 0.25) is 0 Å². The lowest BCUT2D eigenvalue weighted by atomic mass is 10.2. The molecule has 1 aromatic carbocycles. The Morgan fingerprint density at radius 2 is 1.87 bits per heavy atom. The van der Waals surface area contributed by atoms with Gasteiger partial charge >= 0.3 is 0 Å². The van der Waals surface area contributed by atoms with Gasteiger partial charge in [0.25, 0.3) is 0 Å². The summed E-state index contributed by atoms with van der Waals surface area (Å²) in [5.41, 5.74) is 6.75. The highest BCUT2D eigenvalue weighted by Gasteiger charge is 2.02. The molecule has 0 amide bonds. The molecule has 0 saturated carbocycles. The molecule has 0 atom stereocenters. The van der Waals surface area contributed by atoms with Crippen molar-refractivity contribution in [3.8, 4) is 5.75 Å². The van der Waals surface area contributed by atoms with Gasteiger partial charge in [-0.3, -0.25) is 0 Å². The Hall–Kier alpha value is -1.22. The van der Waals surface area contributed by atoms with Crippen LogP contribution in [0.15, 0.2) is 24.3 Å². The monoisotopic (exact) mass is 208 g/mol. The first-order valence-electron chi connectivity index (χ1n) is 5.49. The fraction of sp³-hybridized carbons (Fsp3) is 0.500. The summed E-state index contributed by atoms with van der Waals surface area (Å²) in [5.74, 6) is 0.921. The zero-order valence-electron chi connectivity index (χ0n) is 9.57. The normalized spacial score (nSPS) is 10.1. The van der Waals surface area contributed by atoms with Gasteiger partial charge in [-0.15, -0.1) is 0 Å². The first kappa shape index (κ1) is 11.9. The van der Waals surface area contributed by atoms with Crippen LogP contribution in [0.5, 0.6) is 5.75 Å². The Morgan fingerprint density at radius 3 is 2.33 bits per heavy atom. The average molecular weight is 208 g/mol. The minimum atomic E-state index is 0.682. The van der Waals surface area contributed by atoms with Gasteiger partial charge in [-0.2, -0.15) is 0 Å².